The number of hydrogen-bond donors (Lipinski definition) is 0. The zero-order chi connectivity index (χ0) is 29.6. The molecular formula is C31H34ClN7O2. The Kier molecular flexibility index (Phi) is 7.66. The van der Waals surface area contributed by atoms with Crippen molar-refractivity contribution in [1.29, 1.82) is 0 Å². The minimum absolute atomic E-state index is 0.0488. The summed E-state index contributed by atoms with van der Waals surface area (Å²) in [6.07, 6.45) is 4.79. The lowest BCUT2D eigenvalue weighted by molar-refractivity contribution is -0.128. The van der Waals surface area contributed by atoms with Gasteiger partial charge in [0.15, 0.2) is 5.65 Å². The number of rotatable bonds is 5. The van der Waals surface area contributed by atoms with E-state index in [-0.39, 0.29) is 23.9 Å². The monoisotopic (exact) mass is 571 g/mol. The number of carbonyl (C=O) groups is 1. The highest BCUT2D eigenvalue weighted by molar-refractivity contribution is 6.33. The molecule has 4 aromatic rings. The average Bonchev–Trinajstić information content (AvgIpc) is 2.94. The molecule has 1 fully saturated rings. The minimum atomic E-state index is -0.464. The maximum Gasteiger partial charge on any atom is 0.355 e. The average molecular weight is 572 g/mol. The molecule has 1 saturated heterocycles. The first-order valence-electron chi connectivity index (χ1n) is 13.7. The van der Waals surface area contributed by atoms with Crippen LogP contribution >= 0.6 is 11.6 Å². The number of amides is 1. The van der Waals surface area contributed by atoms with Crippen LogP contribution in [0.4, 0.5) is 5.82 Å². The van der Waals surface area contributed by atoms with Gasteiger partial charge in [0, 0.05) is 37.6 Å². The molecule has 2 atom stereocenters. The van der Waals surface area contributed by atoms with Gasteiger partial charge in [0.25, 0.3) is 0 Å². The lowest BCUT2D eigenvalue weighted by Crippen LogP contribution is -2.58. The van der Waals surface area contributed by atoms with Gasteiger partial charge >= 0.3 is 5.69 Å². The Labute approximate surface area is 244 Å². The molecule has 1 amide bonds. The smallest absolute Gasteiger partial charge is 0.349 e. The molecule has 41 heavy (non-hydrogen) atoms. The van der Waals surface area contributed by atoms with Gasteiger partial charge in [0.1, 0.15) is 11.5 Å². The molecule has 4 aromatic heterocycles. The van der Waals surface area contributed by atoms with E-state index in [4.69, 9.17) is 16.6 Å². The number of aryl methyl sites for hydroxylation is 2. The summed E-state index contributed by atoms with van der Waals surface area (Å²) < 4.78 is 1.56. The number of hydrogen-bond acceptors (Lipinski definition) is 7. The van der Waals surface area contributed by atoms with Crippen molar-refractivity contribution in [3.05, 3.63) is 81.6 Å². The van der Waals surface area contributed by atoms with Gasteiger partial charge in [-0.2, -0.15) is 4.98 Å². The predicted molar refractivity (Wildman–Crippen MR) is 163 cm³/mol. The number of piperazine rings is 1. The molecule has 0 N–H and O–H groups in total. The van der Waals surface area contributed by atoms with E-state index in [0.29, 0.717) is 52.0 Å². The summed E-state index contributed by atoms with van der Waals surface area (Å²) >= 11 is 6.91. The fourth-order valence-electron chi connectivity index (χ4n) is 5.56. The van der Waals surface area contributed by atoms with E-state index in [1.54, 1.807) is 21.9 Å². The highest BCUT2D eigenvalue weighted by Gasteiger charge is 2.34. The first-order chi connectivity index (χ1) is 19.5. The number of carbonyl (C=O) groups excluding carboxylic acids is 1. The van der Waals surface area contributed by atoms with Crippen molar-refractivity contribution in [2.75, 3.05) is 18.0 Å². The molecule has 0 saturated carbocycles. The lowest BCUT2D eigenvalue weighted by Gasteiger charge is -2.44. The summed E-state index contributed by atoms with van der Waals surface area (Å²) in [7, 11) is 0. The molecular weight excluding hydrogens is 538 g/mol. The van der Waals surface area contributed by atoms with Crippen LogP contribution in [-0.2, 0) is 4.79 Å². The van der Waals surface area contributed by atoms with Crippen molar-refractivity contribution < 1.29 is 4.79 Å². The third-order valence-corrected chi connectivity index (χ3v) is 7.96. The van der Waals surface area contributed by atoms with Crippen LogP contribution in [0.5, 0.6) is 0 Å². The van der Waals surface area contributed by atoms with Crippen molar-refractivity contribution in [2.45, 2.75) is 59.5 Å². The van der Waals surface area contributed by atoms with E-state index in [1.165, 1.54) is 6.08 Å². The molecule has 0 radical (unpaired) electrons. The highest BCUT2D eigenvalue weighted by Crippen LogP contribution is 2.36. The molecule has 0 aliphatic carbocycles. The van der Waals surface area contributed by atoms with Crippen LogP contribution in [-0.4, -0.2) is 60.5 Å². The molecule has 0 spiro atoms. The topological polar surface area (TPSA) is 97.1 Å². The fraction of sp³-hybridized carbons (Fsp3) is 0.355. The zero-order valence-corrected chi connectivity index (χ0v) is 25.0. The van der Waals surface area contributed by atoms with Crippen molar-refractivity contribution in [2.24, 2.45) is 0 Å². The van der Waals surface area contributed by atoms with Crippen molar-refractivity contribution >= 4 is 34.4 Å². The number of aromatic nitrogens is 5. The zero-order valence-electron chi connectivity index (χ0n) is 24.2. The number of fused-ring (bicyclic) bond motifs is 1. The van der Waals surface area contributed by atoms with E-state index in [0.717, 1.165) is 16.8 Å². The molecule has 0 bridgehead atoms. The summed E-state index contributed by atoms with van der Waals surface area (Å²) in [5, 5.41) is 1.04. The van der Waals surface area contributed by atoms with Crippen molar-refractivity contribution in [3.63, 3.8) is 0 Å². The van der Waals surface area contributed by atoms with E-state index in [9.17, 15) is 9.59 Å². The van der Waals surface area contributed by atoms with Crippen LogP contribution in [0.25, 0.3) is 28.1 Å². The van der Waals surface area contributed by atoms with Gasteiger partial charge < -0.3 is 9.80 Å². The van der Waals surface area contributed by atoms with E-state index >= 15 is 0 Å². The van der Waals surface area contributed by atoms with Gasteiger partial charge in [-0.3, -0.25) is 14.8 Å². The molecule has 9 nitrogen and oxygen atoms in total. The van der Waals surface area contributed by atoms with E-state index in [2.05, 4.69) is 26.4 Å². The SMILES string of the molecule is C=CC(=O)N1CC(C)N(c2nc(=O)n(-c3c(C)ccnc3C(C)C)c3nc(-c4ncccc4C)c(Cl)cc23)CC1C. The summed E-state index contributed by atoms with van der Waals surface area (Å²) in [5.41, 5.74) is 4.31. The van der Waals surface area contributed by atoms with E-state index < -0.39 is 5.69 Å². The molecule has 2 unspecified atom stereocenters. The molecule has 5 heterocycles. The first kappa shape index (κ1) is 28.4. The van der Waals surface area contributed by atoms with Crippen LogP contribution in [0.3, 0.4) is 0 Å². The van der Waals surface area contributed by atoms with Gasteiger partial charge in [0.05, 0.1) is 27.5 Å². The van der Waals surface area contributed by atoms with Crippen molar-refractivity contribution in [3.8, 4) is 17.1 Å². The Hall–Kier alpha value is -4.11. The third kappa shape index (κ3) is 4.99. The highest BCUT2D eigenvalue weighted by atomic mass is 35.5. The van der Waals surface area contributed by atoms with Crippen LogP contribution in [0, 0.1) is 13.8 Å². The summed E-state index contributed by atoms with van der Waals surface area (Å²) in [4.78, 5) is 49.3. The van der Waals surface area contributed by atoms with Crippen molar-refractivity contribution in [1.82, 2.24) is 29.4 Å². The van der Waals surface area contributed by atoms with Gasteiger partial charge in [-0.1, -0.05) is 38.1 Å². The fourth-order valence-corrected chi connectivity index (χ4v) is 5.80. The summed E-state index contributed by atoms with van der Waals surface area (Å²) in [6, 6.07) is 7.27. The van der Waals surface area contributed by atoms with Gasteiger partial charge in [-0.05, 0) is 69.0 Å². The number of nitrogens with zero attached hydrogens (tertiary/aromatic N) is 7. The first-order valence-corrected chi connectivity index (χ1v) is 14.1. The van der Waals surface area contributed by atoms with Crippen LogP contribution in [0.1, 0.15) is 50.4 Å². The summed E-state index contributed by atoms with van der Waals surface area (Å²) in [5.74, 6) is 0.413. The Bertz CT molecular complexity index is 1730. The predicted octanol–water partition coefficient (Wildman–Crippen LogP) is 5.24. The molecule has 1 aliphatic rings. The lowest BCUT2D eigenvalue weighted by atomic mass is 10.0. The third-order valence-electron chi connectivity index (χ3n) is 7.68. The quantitative estimate of drug-likeness (QED) is 0.302. The van der Waals surface area contributed by atoms with E-state index in [1.807, 2.05) is 65.8 Å². The van der Waals surface area contributed by atoms with Crippen LogP contribution in [0.15, 0.2) is 54.1 Å². The summed E-state index contributed by atoms with van der Waals surface area (Å²) in [6.45, 7) is 16.6. The minimum Gasteiger partial charge on any atom is -0.349 e. The maximum absolute atomic E-state index is 14.1. The van der Waals surface area contributed by atoms with Gasteiger partial charge in [-0.25, -0.2) is 14.3 Å². The molecule has 5 rings (SSSR count). The molecule has 0 aromatic carbocycles. The Morgan fingerprint density at radius 3 is 2.49 bits per heavy atom. The maximum atomic E-state index is 14.1. The number of pyridine rings is 3. The normalized spacial score (nSPS) is 17.4. The number of halogens is 1. The Morgan fingerprint density at radius 2 is 1.80 bits per heavy atom. The molecule has 10 heteroatoms. The second-order valence-corrected chi connectivity index (χ2v) is 11.4. The second kappa shape index (κ2) is 11.0. The van der Waals surface area contributed by atoms with Crippen LogP contribution in [0.2, 0.25) is 5.02 Å². The van der Waals surface area contributed by atoms with Crippen LogP contribution < -0.4 is 10.6 Å². The largest absolute Gasteiger partial charge is 0.355 e. The number of anilines is 1. The molecule has 1 aliphatic heterocycles. The van der Waals surface area contributed by atoms with Gasteiger partial charge in [0.2, 0.25) is 5.91 Å². The second-order valence-electron chi connectivity index (χ2n) is 11.0. The van der Waals surface area contributed by atoms with Gasteiger partial charge in [-0.15, -0.1) is 0 Å². The Balaban J connectivity index is 1.83. The molecule has 212 valence electrons. The standard InChI is InChI=1S/C31H34ClN7O2/c1-8-24(40)37-15-21(7)38(16-20(37)6)29-22-14-23(32)27(26-18(4)10-9-12-33-26)35-30(22)39(31(41)36-29)28-19(5)11-13-34-25(28)17(2)3/h8-14,17,20-21H,1,15-16H2,2-7H3. The Morgan fingerprint density at radius 1 is 1.05 bits per heavy atom.